The number of hydrogen-bond donors (Lipinski definition) is 0. The van der Waals surface area contributed by atoms with E-state index in [1.807, 2.05) is 31.2 Å². The van der Waals surface area contributed by atoms with Crippen LogP contribution in [0.1, 0.15) is 11.1 Å². The molecule has 0 saturated carbocycles. The topological polar surface area (TPSA) is 86.8 Å². The molecule has 7 nitrogen and oxygen atoms in total. The number of hydrogen-bond acceptors (Lipinski definition) is 5. The minimum Gasteiger partial charge on any atom is -0.271 e. The van der Waals surface area contributed by atoms with Gasteiger partial charge in [-0.1, -0.05) is 24.3 Å². The fourth-order valence-corrected chi connectivity index (χ4v) is 2.01. The highest BCUT2D eigenvalue weighted by molar-refractivity contribution is 6.21. The molecule has 0 N–H and O–H groups in total. The first-order chi connectivity index (χ1) is 9.58. The highest BCUT2D eigenvalue weighted by Crippen LogP contribution is 2.19. The van der Waals surface area contributed by atoms with Gasteiger partial charge < -0.3 is 0 Å². The van der Waals surface area contributed by atoms with Crippen molar-refractivity contribution in [3.63, 3.8) is 0 Å². The highest BCUT2D eigenvalue weighted by atomic mass is 16.2. The molecule has 0 aromatic heterocycles. The average Bonchev–Trinajstić information content (AvgIpc) is 2.45. The number of imide groups is 1. The zero-order chi connectivity index (χ0) is 14.3. The van der Waals surface area contributed by atoms with Crippen LogP contribution in [0, 0.1) is 6.92 Å². The van der Waals surface area contributed by atoms with Crippen LogP contribution >= 0.6 is 0 Å². The molecule has 0 bridgehead atoms. The molecule has 0 saturated heterocycles. The van der Waals surface area contributed by atoms with Gasteiger partial charge in [-0.2, -0.15) is 4.99 Å². The summed E-state index contributed by atoms with van der Waals surface area (Å²) in [5, 5.41) is 7.82. The summed E-state index contributed by atoms with van der Waals surface area (Å²) < 4.78 is 0. The van der Waals surface area contributed by atoms with Crippen molar-refractivity contribution in [1.82, 2.24) is 4.90 Å². The van der Waals surface area contributed by atoms with E-state index >= 15 is 0 Å². The Bertz CT molecular complexity index is 704. The number of carbonyl (C=O) groups is 2. The van der Waals surface area contributed by atoms with Gasteiger partial charge in [-0.3, -0.25) is 9.69 Å². The number of azo groups is 1. The van der Waals surface area contributed by atoms with Gasteiger partial charge in [0.2, 0.25) is 0 Å². The molecule has 100 valence electrons. The zero-order valence-corrected chi connectivity index (χ0v) is 10.9. The Morgan fingerprint density at radius 3 is 2.65 bits per heavy atom. The number of likely N-dealkylation sites (N-methyl/N-ethyl adjacent to an activating group) is 1. The van der Waals surface area contributed by atoms with E-state index in [9.17, 15) is 9.59 Å². The number of aryl methyl sites for hydroxylation is 1. The summed E-state index contributed by atoms with van der Waals surface area (Å²) in [6.07, 6.45) is 0. The predicted octanol–water partition coefficient (Wildman–Crippen LogP) is 1.57. The molecule has 1 atom stereocenters. The first-order valence-corrected chi connectivity index (χ1v) is 6.03. The van der Waals surface area contributed by atoms with E-state index in [1.165, 1.54) is 7.05 Å². The Labute approximate surface area is 114 Å². The Hall–Kier alpha value is -2.70. The van der Waals surface area contributed by atoms with Crippen LogP contribution in [0.25, 0.3) is 0 Å². The number of urea groups is 1. The number of aliphatic imine (C=N–C) groups is 2. The number of rotatable bonds is 1. The van der Waals surface area contributed by atoms with Crippen LogP contribution in [0.3, 0.4) is 0 Å². The first-order valence-electron chi connectivity index (χ1n) is 6.03. The smallest absolute Gasteiger partial charge is 0.271 e. The van der Waals surface area contributed by atoms with Gasteiger partial charge in [0.05, 0.1) is 0 Å². The third-order valence-corrected chi connectivity index (χ3v) is 3.19. The number of fused-ring (bicyclic) bond motifs is 1. The maximum absolute atomic E-state index is 12.0. The summed E-state index contributed by atoms with van der Waals surface area (Å²) in [6.45, 7) is 1.93. The maximum atomic E-state index is 12.0. The summed E-state index contributed by atoms with van der Waals surface area (Å²) in [5.74, 6) is -0.0108. The fraction of sp³-hybridized carbons (Fsp3) is 0.231. The maximum Gasteiger partial charge on any atom is 0.351 e. The van der Waals surface area contributed by atoms with Gasteiger partial charge in [-0.05, 0) is 12.5 Å². The lowest BCUT2D eigenvalue weighted by molar-refractivity contribution is -0.127. The van der Waals surface area contributed by atoms with Crippen molar-refractivity contribution in [3.8, 4) is 0 Å². The van der Waals surface area contributed by atoms with Crippen LogP contribution < -0.4 is 0 Å². The van der Waals surface area contributed by atoms with E-state index in [2.05, 4.69) is 20.2 Å². The molecule has 2 aliphatic heterocycles. The quantitative estimate of drug-likeness (QED) is 0.774. The van der Waals surface area contributed by atoms with Crippen molar-refractivity contribution in [2.75, 3.05) is 7.05 Å². The Morgan fingerprint density at radius 1 is 1.15 bits per heavy atom. The van der Waals surface area contributed by atoms with Crippen LogP contribution in [0.4, 0.5) is 4.79 Å². The summed E-state index contributed by atoms with van der Waals surface area (Å²) in [4.78, 5) is 32.4. The normalized spacial score (nSPS) is 21.5. The number of nitrogens with zero attached hydrogens (tertiary/aromatic N) is 5. The molecule has 20 heavy (non-hydrogen) atoms. The van der Waals surface area contributed by atoms with Crippen molar-refractivity contribution >= 4 is 23.6 Å². The summed E-state index contributed by atoms with van der Waals surface area (Å²) in [7, 11) is 1.37. The van der Waals surface area contributed by atoms with Gasteiger partial charge in [-0.25, -0.2) is 9.79 Å². The van der Waals surface area contributed by atoms with E-state index in [0.717, 1.165) is 16.0 Å². The third-order valence-electron chi connectivity index (χ3n) is 3.19. The van der Waals surface area contributed by atoms with Gasteiger partial charge >= 0.3 is 6.03 Å². The molecule has 0 aliphatic carbocycles. The molecule has 1 unspecified atom stereocenters. The van der Waals surface area contributed by atoms with Crippen molar-refractivity contribution < 1.29 is 9.59 Å². The lowest BCUT2D eigenvalue weighted by Gasteiger charge is -2.24. The molecular formula is C13H11N5O2. The van der Waals surface area contributed by atoms with Crippen LogP contribution in [0.15, 0.2) is 44.5 Å². The number of benzene rings is 1. The van der Waals surface area contributed by atoms with Gasteiger partial charge in [-0.15, -0.1) is 10.2 Å². The van der Waals surface area contributed by atoms with E-state index in [-0.39, 0.29) is 5.84 Å². The van der Waals surface area contributed by atoms with Crippen molar-refractivity contribution in [2.45, 2.75) is 13.0 Å². The van der Waals surface area contributed by atoms with Gasteiger partial charge in [0.25, 0.3) is 5.91 Å². The molecule has 2 heterocycles. The molecule has 0 fully saturated rings. The van der Waals surface area contributed by atoms with E-state index < -0.39 is 18.0 Å². The predicted molar refractivity (Wildman–Crippen MR) is 72.0 cm³/mol. The zero-order valence-electron chi connectivity index (χ0n) is 10.9. The molecule has 1 aromatic rings. The van der Waals surface area contributed by atoms with Crippen LogP contribution in [0.5, 0.6) is 0 Å². The van der Waals surface area contributed by atoms with Crippen molar-refractivity contribution in [1.29, 1.82) is 0 Å². The summed E-state index contributed by atoms with van der Waals surface area (Å²) in [5.41, 5.74) is 1.79. The SMILES string of the molecule is Cc1ccccc1C1=NC2C(=O)N(C)C(=O)N=C2N=N1. The molecule has 7 heteroatoms. The minimum absolute atomic E-state index is 0.0513. The van der Waals surface area contributed by atoms with Crippen LogP contribution in [-0.2, 0) is 4.79 Å². The Balaban J connectivity index is 2.05. The minimum atomic E-state index is -0.884. The molecule has 0 spiro atoms. The highest BCUT2D eigenvalue weighted by Gasteiger charge is 2.37. The number of carbonyl (C=O) groups excluding carboxylic acids is 2. The second-order valence-corrected chi connectivity index (χ2v) is 4.52. The number of amidine groups is 2. The molecule has 2 aliphatic rings. The molecule has 3 amide bonds. The monoisotopic (exact) mass is 269 g/mol. The van der Waals surface area contributed by atoms with Crippen LogP contribution in [-0.4, -0.2) is 41.6 Å². The lowest BCUT2D eigenvalue weighted by Crippen LogP contribution is -2.47. The number of amides is 3. The standard InChI is InChI=1S/C13H11N5O2/c1-7-5-3-4-6-8(7)10-14-9-11(17-16-10)15-13(20)18(2)12(9)19/h3-6,9H,1-2H3. The average molecular weight is 269 g/mol. The Kier molecular flexibility index (Phi) is 2.74. The molecular weight excluding hydrogens is 258 g/mol. The summed E-state index contributed by atoms with van der Waals surface area (Å²) in [6, 6.07) is 6.03. The third kappa shape index (κ3) is 1.83. The van der Waals surface area contributed by atoms with E-state index in [4.69, 9.17) is 0 Å². The van der Waals surface area contributed by atoms with Crippen molar-refractivity contribution in [2.24, 2.45) is 20.2 Å². The van der Waals surface area contributed by atoms with Crippen molar-refractivity contribution in [3.05, 3.63) is 35.4 Å². The van der Waals surface area contributed by atoms with Gasteiger partial charge in [0, 0.05) is 12.6 Å². The van der Waals surface area contributed by atoms with E-state index in [0.29, 0.717) is 5.84 Å². The second-order valence-electron chi connectivity index (χ2n) is 4.52. The van der Waals surface area contributed by atoms with Crippen LogP contribution in [0.2, 0.25) is 0 Å². The first kappa shape index (κ1) is 12.3. The van der Waals surface area contributed by atoms with Gasteiger partial charge in [0.1, 0.15) is 0 Å². The molecule has 3 rings (SSSR count). The Morgan fingerprint density at radius 2 is 1.90 bits per heavy atom. The van der Waals surface area contributed by atoms with Gasteiger partial charge in [0.15, 0.2) is 17.7 Å². The lowest BCUT2D eigenvalue weighted by atomic mass is 10.1. The fourth-order valence-electron chi connectivity index (χ4n) is 2.01. The summed E-state index contributed by atoms with van der Waals surface area (Å²) >= 11 is 0. The van der Waals surface area contributed by atoms with E-state index in [1.54, 1.807) is 0 Å². The second kappa shape index (κ2) is 4.44. The largest absolute Gasteiger partial charge is 0.351 e. The molecule has 1 aromatic carbocycles. The molecule has 0 radical (unpaired) electrons.